The molecule has 0 saturated carbocycles. The molecule has 7 heavy (non-hydrogen) atoms. The standard InChI is InChI=1S/C6H5.Sn.3H2/c1-2-4-6-5-3-1;;;;/h1-5H;;3*1H. The molecule has 0 spiro atoms. The van der Waals surface area contributed by atoms with Crippen LogP contribution in [-0.4, -0.2) is 23.9 Å². The summed E-state index contributed by atoms with van der Waals surface area (Å²) in [6, 6.07) is 12.5. The average Bonchev–Trinajstić information content (AvgIpc) is 1.72. The third-order valence-electron chi connectivity index (χ3n) is 0.607. The van der Waals surface area contributed by atoms with Gasteiger partial charge in [-0.15, -0.1) is 0 Å². The quantitative estimate of drug-likeness (QED) is 0.563. The predicted octanol–water partition coefficient (Wildman–Crippen LogP) is 1.84. The molecule has 0 amide bonds. The first kappa shape index (κ1) is 7.02. The van der Waals surface area contributed by atoms with Crippen LogP contribution in [0.3, 0.4) is 0 Å². The van der Waals surface area contributed by atoms with Crippen LogP contribution in [0.25, 0.3) is 0 Å². The summed E-state index contributed by atoms with van der Waals surface area (Å²) in [5.41, 5.74) is 0. The van der Waals surface area contributed by atoms with Crippen LogP contribution in [0.2, 0.25) is 0 Å². The normalized spacial score (nSPS) is 6.86. The molecule has 39 valence electrons. The van der Waals surface area contributed by atoms with Crippen LogP contribution >= 0.6 is 0 Å². The van der Waals surface area contributed by atoms with Gasteiger partial charge in [0.15, 0.2) is 0 Å². The van der Waals surface area contributed by atoms with Gasteiger partial charge in [0, 0.05) is 28.2 Å². The molecule has 0 aliphatic rings. The van der Waals surface area contributed by atoms with Gasteiger partial charge in [0.2, 0.25) is 0 Å². The van der Waals surface area contributed by atoms with Crippen LogP contribution < -0.4 is 0 Å². The SMILES string of the molecule is [HH].[HH].[HH].[Sn].[c]1ccccc1. The summed E-state index contributed by atoms with van der Waals surface area (Å²) >= 11 is 0. The van der Waals surface area contributed by atoms with E-state index in [2.05, 4.69) is 6.07 Å². The summed E-state index contributed by atoms with van der Waals surface area (Å²) < 4.78 is 0. The molecule has 1 heteroatoms. The second-order valence-electron chi connectivity index (χ2n) is 1.08. The molecule has 0 atom stereocenters. The van der Waals surface area contributed by atoms with Crippen LogP contribution in [0.5, 0.6) is 0 Å². The van der Waals surface area contributed by atoms with Crippen LogP contribution in [0.1, 0.15) is 4.28 Å². The molecule has 1 aromatic rings. The third kappa shape index (κ3) is 2.68. The molecule has 0 aliphatic heterocycles. The first-order valence-electron chi connectivity index (χ1n) is 1.91. The fourth-order valence-electron chi connectivity index (χ4n) is 0.342. The number of hydrogen-bond donors (Lipinski definition) is 0. The predicted molar refractivity (Wildman–Crippen MR) is 37.4 cm³/mol. The molecule has 0 aliphatic carbocycles. The largest absolute Gasteiger partial charge is 0.0622 e. The van der Waals surface area contributed by atoms with E-state index in [0.717, 1.165) is 0 Å². The van der Waals surface area contributed by atoms with E-state index in [1.54, 1.807) is 0 Å². The van der Waals surface area contributed by atoms with Gasteiger partial charge in [0.1, 0.15) is 0 Å². The Balaban J connectivity index is -0.0000000450. The van der Waals surface area contributed by atoms with Gasteiger partial charge in [-0.25, -0.2) is 0 Å². The van der Waals surface area contributed by atoms with Crippen LogP contribution in [0.4, 0.5) is 0 Å². The van der Waals surface area contributed by atoms with Gasteiger partial charge in [-0.3, -0.25) is 0 Å². The number of hydrogen-bond acceptors (Lipinski definition) is 0. The van der Waals surface area contributed by atoms with Crippen LogP contribution in [0, 0.1) is 6.07 Å². The van der Waals surface area contributed by atoms with Crippen molar-refractivity contribution in [1.82, 2.24) is 0 Å². The van der Waals surface area contributed by atoms with E-state index in [-0.39, 0.29) is 28.2 Å². The monoisotopic (exact) mass is 203 g/mol. The van der Waals surface area contributed by atoms with Gasteiger partial charge in [-0.05, 0) is 6.07 Å². The van der Waals surface area contributed by atoms with E-state index in [0.29, 0.717) is 0 Å². The minimum Gasteiger partial charge on any atom is -0.0622 e. The Morgan fingerprint density at radius 2 is 1.57 bits per heavy atom. The van der Waals surface area contributed by atoms with Gasteiger partial charge < -0.3 is 0 Å². The first-order valence-corrected chi connectivity index (χ1v) is 1.91. The van der Waals surface area contributed by atoms with E-state index < -0.39 is 0 Å². The van der Waals surface area contributed by atoms with Gasteiger partial charge in [0.25, 0.3) is 0 Å². The number of benzene rings is 1. The Hall–Kier alpha value is 0.0187. The van der Waals surface area contributed by atoms with Crippen molar-refractivity contribution in [2.75, 3.05) is 0 Å². The first-order chi connectivity index (χ1) is 3.00. The fraction of sp³-hybridized carbons (Fsp3) is 0. The summed E-state index contributed by atoms with van der Waals surface area (Å²) in [6.07, 6.45) is 0. The molecule has 1 rings (SSSR count). The topological polar surface area (TPSA) is 0 Å². The molecule has 0 unspecified atom stereocenters. The summed E-state index contributed by atoms with van der Waals surface area (Å²) in [6.45, 7) is 0. The smallest absolute Gasteiger partial charge is 0 e. The maximum atomic E-state index is 2.89. The Bertz CT molecular complexity index is 84.9. The van der Waals surface area contributed by atoms with Gasteiger partial charge in [0.05, 0.1) is 0 Å². The van der Waals surface area contributed by atoms with Crippen molar-refractivity contribution in [2.45, 2.75) is 0 Å². The Kier molecular flexibility index (Phi) is 4.20. The van der Waals surface area contributed by atoms with Gasteiger partial charge in [-0.2, -0.15) is 0 Å². The molecule has 0 bridgehead atoms. The second kappa shape index (κ2) is 4.18. The van der Waals surface area contributed by atoms with Crippen molar-refractivity contribution in [3.8, 4) is 0 Å². The minimum atomic E-state index is 0. The molecule has 5 radical (unpaired) electrons. The zero-order valence-corrected chi connectivity index (χ0v) is 6.74. The molecule has 0 nitrogen and oxygen atoms in total. The average molecular weight is 202 g/mol. The molecule has 0 aromatic heterocycles. The van der Waals surface area contributed by atoms with E-state index >= 15 is 0 Å². The van der Waals surface area contributed by atoms with Crippen LogP contribution in [-0.2, 0) is 0 Å². The van der Waals surface area contributed by atoms with Crippen molar-refractivity contribution >= 4 is 23.9 Å². The van der Waals surface area contributed by atoms with E-state index in [9.17, 15) is 0 Å². The zero-order chi connectivity index (χ0) is 4.24. The van der Waals surface area contributed by atoms with E-state index in [1.807, 2.05) is 30.3 Å². The zero-order valence-electron chi connectivity index (χ0n) is 3.89. The maximum Gasteiger partial charge on any atom is 0 e. The molecular formula is C6H11Sn. The summed E-state index contributed by atoms with van der Waals surface area (Å²) in [5, 5.41) is 0. The summed E-state index contributed by atoms with van der Waals surface area (Å²) in [5.74, 6) is 0. The van der Waals surface area contributed by atoms with Crippen molar-refractivity contribution in [1.29, 1.82) is 0 Å². The second-order valence-corrected chi connectivity index (χ2v) is 1.08. The van der Waals surface area contributed by atoms with Crippen LogP contribution in [0.15, 0.2) is 30.3 Å². The van der Waals surface area contributed by atoms with Gasteiger partial charge in [-0.1, -0.05) is 30.3 Å². The number of rotatable bonds is 0. The summed E-state index contributed by atoms with van der Waals surface area (Å²) in [7, 11) is 0. The third-order valence-corrected chi connectivity index (χ3v) is 0.607. The van der Waals surface area contributed by atoms with Crippen molar-refractivity contribution < 1.29 is 4.28 Å². The van der Waals surface area contributed by atoms with Gasteiger partial charge >= 0.3 is 0 Å². The molecule has 0 fully saturated rings. The molecule has 1 aromatic carbocycles. The molecule has 0 saturated heterocycles. The Morgan fingerprint density at radius 3 is 1.71 bits per heavy atom. The molecule has 0 N–H and O–H groups in total. The van der Waals surface area contributed by atoms with E-state index in [1.165, 1.54) is 0 Å². The maximum absolute atomic E-state index is 2.89. The Morgan fingerprint density at radius 1 is 1.00 bits per heavy atom. The van der Waals surface area contributed by atoms with Crippen molar-refractivity contribution in [2.24, 2.45) is 0 Å². The fourth-order valence-corrected chi connectivity index (χ4v) is 0.342. The van der Waals surface area contributed by atoms with Crippen molar-refractivity contribution in [3.05, 3.63) is 36.4 Å². The molecular weight excluding hydrogens is 191 g/mol. The minimum absolute atomic E-state index is 0. The van der Waals surface area contributed by atoms with E-state index in [4.69, 9.17) is 0 Å². The Labute approximate surface area is 65.0 Å². The van der Waals surface area contributed by atoms with Crippen molar-refractivity contribution in [3.63, 3.8) is 0 Å². The summed E-state index contributed by atoms with van der Waals surface area (Å²) in [4.78, 5) is 0. The molecule has 0 heterocycles.